The van der Waals surface area contributed by atoms with E-state index in [4.69, 9.17) is 0 Å². The molecular formula is C18H19IN2O3S. The molecule has 0 spiro atoms. The lowest BCUT2D eigenvalue weighted by molar-refractivity contribution is -0.122. The third kappa shape index (κ3) is 5.26. The maximum atomic E-state index is 12.7. The molecule has 1 fully saturated rings. The van der Waals surface area contributed by atoms with Gasteiger partial charge < -0.3 is 5.32 Å². The minimum atomic E-state index is -3.77. The van der Waals surface area contributed by atoms with Crippen LogP contribution in [0.2, 0.25) is 0 Å². The van der Waals surface area contributed by atoms with Gasteiger partial charge in [-0.3, -0.25) is 4.79 Å². The Morgan fingerprint density at radius 3 is 2.32 bits per heavy atom. The number of carbonyl (C=O) groups is 1. The van der Waals surface area contributed by atoms with E-state index in [0.717, 1.165) is 22.0 Å². The molecule has 1 atom stereocenters. The van der Waals surface area contributed by atoms with Gasteiger partial charge in [0.15, 0.2) is 0 Å². The van der Waals surface area contributed by atoms with Crippen LogP contribution in [0, 0.1) is 3.57 Å². The summed E-state index contributed by atoms with van der Waals surface area (Å²) < 4.78 is 28.8. The van der Waals surface area contributed by atoms with Crippen LogP contribution in [-0.4, -0.2) is 26.4 Å². The van der Waals surface area contributed by atoms with E-state index in [-0.39, 0.29) is 16.8 Å². The average Bonchev–Trinajstić information content (AvgIpc) is 3.39. The number of rotatable bonds is 7. The third-order valence-electron chi connectivity index (χ3n) is 3.94. The molecule has 5 nitrogen and oxygen atoms in total. The minimum Gasteiger partial charge on any atom is -0.352 e. The molecule has 0 unspecified atom stereocenters. The van der Waals surface area contributed by atoms with Crippen LogP contribution in [0.5, 0.6) is 0 Å². The summed E-state index contributed by atoms with van der Waals surface area (Å²) in [5, 5.41) is 2.89. The summed E-state index contributed by atoms with van der Waals surface area (Å²) in [5.41, 5.74) is 0.906. The van der Waals surface area contributed by atoms with Crippen molar-refractivity contribution in [2.75, 3.05) is 0 Å². The maximum Gasteiger partial charge on any atom is 0.241 e. The van der Waals surface area contributed by atoms with Gasteiger partial charge in [0.2, 0.25) is 15.9 Å². The Balaban J connectivity index is 1.80. The molecule has 0 heterocycles. The van der Waals surface area contributed by atoms with Gasteiger partial charge >= 0.3 is 0 Å². The highest BCUT2D eigenvalue weighted by molar-refractivity contribution is 14.1. The lowest BCUT2D eigenvalue weighted by atomic mass is 10.1. The van der Waals surface area contributed by atoms with Crippen LogP contribution >= 0.6 is 22.6 Å². The van der Waals surface area contributed by atoms with E-state index in [9.17, 15) is 13.2 Å². The van der Waals surface area contributed by atoms with Crippen molar-refractivity contribution in [1.29, 1.82) is 0 Å². The highest BCUT2D eigenvalue weighted by atomic mass is 127. The van der Waals surface area contributed by atoms with Crippen LogP contribution in [-0.2, 0) is 21.2 Å². The molecule has 0 radical (unpaired) electrons. The second-order valence-electron chi connectivity index (χ2n) is 6.10. The van der Waals surface area contributed by atoms with Gasteiger partial charge in [-0.25, -0.2) is 8.42 Å². The van der Waals surface area contributed by atoms with E-state index < -0.39 is 16.1 Å². The molecule has 132 valence electrons. The van der Waals surface area contributed by atoms with E-state index in [2.05, 4.69) is 32.6 Å². The quantitative estimate of drug-likeness (QED) is 0.611. The Morgan fingerprint density at radius 1 is 1.08 bits per heavy atom. The average molecular weight is 470 g/mol. The summed E-state index contributed by atoms with van der Waals surface area (Å²) in [5.74, 6) is -0.277. The molecular weight excluding hydrogens is 451 g/mol. The third-order valence-corrected chi connectivity index (χ3v) is 6.15. The number of carbonyl (C=O) groups excluding carboxylic acids is 1. The summed E-state index contributed by atoms with van der Waals surface area (Å²) in [4.78, 5) is 12.7. The number of benzene rings is 2. The van der Waals surface area contributed by atoms with Gasteiger partial charge in [0.05, 0.1) is 4.90 Å². The maximum absolute atomic E-state index is 12.7. The molecule has 25 heavy (non-hydrogen) atoms. The van der Waals surface area contributed by atoms with Gasteiger partial charge in [0.25, 0.3) is 0 Å². The van der Waals surface area contributed by atoms with Crippen molar-refractivity contribution >= 4 is 38.5 Å². The summed E-state index contributed by atoms with van der Waals surface area (Å²) in [6.45, 7) is 0. The number of sulfonamides is 1. The van der Waals surface area contributed by atoms with E-state index in [1.165, 1.54) is 0 Å². The fraction of sp³-hybridized carbons (Fsp3) is 0.278. The fourth-order valence-corrected chi connectivity index (χ4v) is 3.99. The van der Waals surface area contributed by atoms with E-state index in [1.54, 1.807) is 24.3 Å². The number of hydrogen-bond acceptors (Lipinski definition) is 3. The molecule has 2 N–H and O–H groups in total. The number of hydrogen-bond donors (Lipinski definition) is 2. The second-order valence-corrected chi connectivity index (χ2v) is 9.06. The lowest BCUT2D eigenvalue weighted by Gasteiger charge is -2.19. The van der Waals surface area contributed by atoms with Crippen molar-refractivity contribution in [3.8, 4) is 0 Å². The molecule has 0 aliphatic heterocycles. The standard InChI is InChI=1S/C18H19IN2O3S/c19-14-6-10-16(11-7-14)25(23,24)21-17(18(22)20-15-8-9-15)12-13-4-2-1-3-5-13/h1-7,10-11,15,17,21H,8-9,12H2,(H,20,22)/t17-/m1/s1. The van der Waals surface area contributed by atoms with Crippen LogP contribution in [0.3, 0.4) is 0 Å². The van der Waals surface area contributed by atoms with Crippen LogP contribution < -0.4 is 10.0 Å². The van der Waals surface area contributed by atoms with Gasteiger partial charge in [-0.15, -0.1) is 0 Å². The number of nitrogens with one attached hydrogen (secondary N) is 2. The highest BCUT2D eigenvalue weighted by Crippen LogP contribution is 2.19. The molecule has 3 rings (SSSR count). The van der Waals surface area contributed by atoms with Crippen molar-refractivity contribution in [3.05, 3.63) is 63.7 Å². The van der Waals surface area contributed by atoms with E-state index >= 15 is 0 Å². The summed E-state index contributed by atoms with van der Waals surface area (Å²) in [6, 6.07) is 15.3. The number of amides is 1. The summed E-state index contributed by atoms with van der Waals surface area (Å²) >= 11 is 2.12. The summed E-state index contributed by atoms with van der Waals surface area (Å²) in [6.07, 6.45) is 2.21. The normalized spacial score (nSPS) is 15.6. The van der Waals surface area contributed by atoms with Gasteiger partial charge in [-0.05, 0) is 71.7 Å². The first-order chi connectivity index (χ1) is 11.9. The van der Waals surface area contributed by atoms with Gasteiger partial charge in [0, 0.05) is 9.61 Å². The fourth-order valence-electron chi connectivity index (χ4n) is 2.44. The molecule has 0 saturated heterocycles. The minimum absolute atomic E-state index is 0.158. The molecule has 1 saturated carbocycles. The zero-order chi connectivity index (χ0) is 17.9. The lowest BCUT2D eigenvalue weighted by Crippen LogP contribution is -2.48. The Hall–Kier alpha value is -1.45. The molecule has 1 aliphatic carbocycles. The van der Waals surface area contributed by atoms with Gasteiger partial charge in [0.1, 0.15) is 6.04 Å². The predicted octanol–water partition coefficient (Wildman–Crippen LogP) is 2.46. The summed E-state index contributed by atoms with van der Waals surface area (Å²) in [7, 11) is -3.77. The van der Waals surface area contributed by atoms with Crippen molar-refractivity contribution in [3.63, 3.8) is 0 Å². The SMILES string of the molecule is O=C(NC1CC1)[C@@H](Cc1ccccc1)NS(=O)(=O)c1ccc(I)cc1. The molecule has 7 heteroatoms. The van der Waals surface area contributed by atoms with Crippen molar-refractivity contribution in [2.45, 2.75) is 36.2 Å². The topological polar surface area (TPSA) is 75.3 Å². The first kappa shape index (κ1) is 18.3. The van der Waals surface area contributed by atoms with Crippen LogP contribution in [0.15, 0.2) is 59.5 Å². The van der Waals surface area contributed by atoms with Gasteiger partial charge in [-0.1, -0.05) is 30.3 Å². The van der Waals surface area contributed by atoms with Crippen molar-refractivity contribution < 1.29 is 13.2 Å². The van der Waals surface area contributed by atoms with Crippen molar-refractivity contribution in [1.82, 2.24) is 10.0 Å². The number of halogens is 1. The smallest absolute Gasteiger partial charge is 0.241 e. The van der Waals surface area contributed by atoms with Crippen LogP contribution in [0.1, 0.15) is 18.4 Å². The molecule has 2 aromatic carbocycles. The Morgan fingerprint density at radius 2 is 1.72 bits per heavy atom. The second kappa shape index (κ2) is 7.84. The predicted molar refractivity (Wildman–Crippen MR) is 105 cm³/mol. The largest absolute Gasteiger partial charge is 0.352 e. The molecule has 2 aromatic rings. The first-order valence-corrected chi connectivity index (χ1v) is 10.6. The molecule has 0 aromatic heterocycles. The first-order valence-electron chi connectivity index (χ1n) is 8.06. The molecule has 1 amide bonds. The zero-order valence-electron chi connectivity index (χ0n) is 13.5. The van der Waals surface area contributed by atoms with Crippen molar-refractivity contribution in [2.24, 2.45) is 0 Å². The van der Waals surface area contributed by atoms with Crippen LogP contribution in [0.4, 0.5) is 0 Å². The van der Waals surface area contributed by atoms with E-state index in [0.29, 0.717) is 6.42 Å². The van der Waals surface area contributed by atoms with E-state index in [1.807, 2.05) is 30.3 Å². The van der Waals surface area contributed by atoms with Gasteiger partial charge in [-0.2, -0.15) is 4.72 Å². The highest BCUT2D eigenvalue weighted by Gasteiger charge is 2.30. The zero-order valence-corrected chi connectivity index (χ0v) is 16.5. The molecule has 1 aliphatic rings. The Bertz CT molecular complexity index is 834. The Labute approximate surface area is 161 Å². The van der Waals surface area contributed by atoms with Crippen LogP contribution in [0.25, 0.3) is 0 Å². The molecule has 0 bridgehead atoms. The Kier molecular flexibility index (Phi) is 5.75. The monoisotopic (exact) mass is 470 g/mol.